The van der Waals surface area contributed by atoms with Gasteiger partial charge in [0.2, 0.25) is 0 Å². The van der Waals surface area contributed by atoms with Gasteiger partial charge in [0.25, 0.3) is 5.56 Å². The molecule has 0 radical (unpaired) electrons. The van der Waals surface area contributed by atoms with E-state index in [2.05, 4.69) is 4.98 Å². The van der Waals surface area contributed by atoms with Crippen LogP contribution in [-0.4, -0.2) is 23.7 Å². The Morgan fingerprint density at radius 3 is 2.36 bits per heavy atom. The van der Waals surface area contributed by atoms with E-state index in [0.29, 0.717) is 28.1 Å². The van der Waals surface area contributed by atoms with Crippen LogP contribution in [0.25, 0.3) is 21.0 Å². The van der Waals surface area contributed by atoms with Crippen molar-refractivity contribution in [3.63, 3.8) is 0 Å². The Kier molecular flexibility index (Phi) is 7.46. The quantitative estimate of drug-likeness (QED) is 0.263. The maximum Gasteiger partial charge on any atom is 0.417 e. The summed E-state index contributed by atoms with van der Waals surface area (Å²) in [5.74, 6) is -2.03. The second kappa shape index (κ2) is 10.3. The zero-order valence-electron chi connectivity index (χ0n) is 20.3. The van der Waals surface area contributed by atoms with E-state index in [1.807, 2.05) is 0 Å². The Labute approximate surface area is 223 Å². The number of rotatable bonds is 6. The van der Waals surface area contributed by atoms with E-state index >= 15 is 0 Å². The van der Waals surface area contributed by atoms with Crippen molar-refractivity contribution in [2.75, 3.05) is 5.75 Å². The molecule has 13 heteroatoms. The molecular weight excluding hydrogens is 561 g/mol. The minimum atomic E-state index is -5.03. The van der Waals surface area contributed by atoms with Gasteiger partial charge in [-0.2, -0.15) is 18.4 Å². The molecule has 0 unspecified atom stereocenters. The first-order valence-corrected chi connectivity index (χ1v) is 13.7. The Balaban J connectivity index is 1.90. The summed E-state index contributed by atoms with van der Waals surface area (Å²) in [4.78, 5) is 17.9. The first-order chi connectivity index (χ1) is 18.3. The second-order valence-electron chi connectivity index (χ2n) is 8.47. The van der Waals surface area contributed by atoms with Gasteiger partial charge in [-0.25, -0.2) is 22.2 Å². The summed E-state index contributed by atoms with van der Waals surface area (Å²) in [6.45, 7) is 2.49. The van der Waals surface area contributed by atoms with Gasteiger partial charge in [-0.1, -0.05) is 13.0 Å². The third kappa shape index (κ3) is 5.48. The number of aromatic nitrogens is 2. The molecule has 0 amide bonds. The van der Waals surface area contributed by atoms with E-state index in [9.17, 15) is 40.4 Å². The molecule has 4 rings (SSSR count). The molecule has 39 heavy (non-hydrogen) atoms. The van der Waals surface area contributed by atoms with Crippen LogP contribution in [0.1, 0.15) is 29.2 Å². The summed E-state index contributed by atoms with van der Waals surface area (Å²) in [6.07, 6.45) is -3.70. The normalized spacial score (nSPS) is 11.9. The highest BCUT2D eigenvalue weighted by atomic mass is 32.2. The number of aryl methyl sites for hydroxylation is 1. The molecule has 0 N–H and O–H groups in total. The van der Waals surface area contributed by atoms with E-state index in [0.717, 1.165) is 28.0 Å². The molecule has 3 heterocycles. The third-order valence-electron chi connectivity index (χ3n) is 5.91. The number of halogens is 5. The molecule has 0 fully saturated rings. The van der Waals surface area contributed by atoms with Gasteiger partial charge in [-0.15, -0.1) is 11.3 Å². The van der Waals surface area contributed by atoms with Crippen LogP contribution in [-0.2, 0) is 22.6 Å². The standard InChI is InChI=1S/C26H18F5N3O3S2/c1-3-39(36,37)24-14(2)8-16(12-33-24)22-6-7-23(38-22)21-10-19(26(29,30)31)18(11-32)25(35)34(21)13-15-4-5-17(27)9-20(15)28/h4-10,12H,3,13H2,1-2H3. The first-order valence-electron chi connectivity index (χ1n) is 11.3. The first kappa shape index (κ1) is 28.1. The number of pyridine rings is 2. The lowest BCUT2D eigenvalue weighted by molar-refractivity contribution is -0.137. The predicted molar refractivity (Wildman–Crippen MR) is 135 cm³/mol. The van der Waals surface area contributed by atoms with Gasteiger partial charge in [-0.05, 0) is 42.8 Å². The zero-order chi connectivity index (χ0) is 28.7. The van der Waals surface area contributed by atoms with Crippen molar-refractivity contribution in [3.05, 3.63) is 92.9 Å². The van der Waals surface area contributed by atoms with Gasteiger partial charge >= 0.3 is 6.18 Å². The number of benzene rings is 1. The van der Waals surface area contributed by atoms with Crippen LogP contribution in [0.2, 0.25) is 0 Å². The minimum Gasteiger partial charge on any atom is -0.302 e. The Hall–Kier alpha value is -3.89. The van der Waals surface area contributed by atoms with Crippen molar-refractivity contribution in [1.82, 2.24) is 9.55 Å². The minimum absolute atomic E-state index is 0.0809. The number of alkyl halides is 3. The molecule has 0 bridgehead atoms. The maximum atomic E-state index is 14.4. The van der Waals surface area contributed by atoms with Crippen LogP contribution in [0.4, 0.5) is 22.0 Å². The van der Waals surface area contributed by atoms with Crippen LogP contribution in [0.15, 0.2) is 58.5 Å². The number of hydrogen-bond donors (Lipinski definition) is 0. The molecule has 4 aromatic rings. The van der Waals surface area contributed by atoms with Crippen LogP contribution >= 0.6 is 11.3 Å². The highest BCUT2D eigenvalue weighted by Crippen LogP contribution is 2.38. The summed E-state index contributed by atoms with van der Waals surface area (Å²) in [6, 6.07) is 9.11. The Morgan fingerprint density at radius 2 is 1.77 bits per heavy atom. The molecule has 0 aliphatic rings. The number of hydrogen-bond acceptors (Lipinski definition) is 6. The summed E-state index contributed by atoms with van der Waals surface area (Å²) in [5, 5.41) is 9.27. The summed E-state index contributed by atoms with van der Waals surface area (Å²) < 4.78 is 94.5. The topological polar surface area (TPSA) is 92.8 Å². The monoisotopic (exact) mass is 579 g/mol. The number of nitrogens with zero attached hydrogens (tertiary/aromatic N) is 3. The third-order valence-corrected chi connectivity index (χ3v) is 8.84. The van der Waals surface area contributed by atoms with Crippen molar-refractivity contribution in [3.8, 4) is 27.1 Å². The van der Waals surface area contributed by atoms with Crippen molar-refractivity contribution in [2.24, 2.45) is 0 Å². The zero-order valence-corrected chi connectivity index (χ0v) is 21.9. The summed E-state index contributed by atoms with van der Waals surface area (Å²) in [5.41, 5.74) is -3.42. The van der Waals surface area contributed by atoms with Crippen molar-refractivity contribution in [2.45, 2.75) is 31.6 Å². The lowest BCUT2D eigenvalue weighted by Gasteiger charge is -2.17. The molecule has 0 spiro atoms. The fourth-order valence-electron chi connectivity index (χ4n) is 3.95. The predicted octanol–water partition coefficient (Wildman–Crippen LogP) is 5.96. The number of sulfone groups is 1. The van der Waals surface area contributed by atoms with Crippen LogP contribution in [0.3, 0.4) is 0 Å². The highest BCUT2D eigenvalue weighted by Gasteiger charge is 2.37. The molecule has 202 valence electrons. The summed E-state index contributed by atoms with van der Waals surface area (Å²) in [7, 11) is -3.57. The molecule has 0 saturated heterocycles. The largest absolute Gasteiger partial charge is 0.417 e. The summed E-state index contributed by atoms with van der Waals surface area (Å²) >= 11 is 0.987. The smallest absolute Gasteiger partial charge is 0.302 e. The fourth-order valence-corrected chi connectivity index (χ4v) is 6.00. The fraction of sp³-hybridized carbons (Fsp3) is 0.192. The lowest BCUT2D eigenvalue weighted by Crippen LogP contribution is -2.28. The number of nitriles is 1. The van der Waals surface area contributed by atoms with Gasteiger partial charge in [-0.3, -0.25) is 4.79 Å². The second-order valence-corrected chi connectivity index (χ2v) is 11.7. The molecule has 0 atom stereocenters. The van der Waals surface area contributed by atoms with Gasteiger partial charge in [0.1, 0.15) is 23.3 Å². The van der Waals surface area contributed by atoms with E-state index in [4.69, 9.17) is 0 Å². The van der Waals surface area contributed by atoms with E-state index in [-0.39, 0.29) is 26.9 Å². The molecule has 1 aromatic carbocycles. The van der Waals surface area contributed by atoms with E-state index in [1.54, 1.807) is 19.1 Å². The van der Waals surface area contributed by atoms with Crippen molar-refractivity contribution in [1.29, 1.82) is 5.26 Å². The highest BCUT2D eigenvalue weighted by molar-refractivity contribution is 7.91. The Bertz CT molecular complexity index is 1800. The van der Waals surface area contributed by atoms with Gasteiger partial charge < -0.3 is 4.57 Å². The van der Waals surface area contributed by atoms with Crippen molar-refractivity contribution < 1.29 is 30.4 Å². The van der Waals surface area contributed by atoms with Crippen LogP contribution in [0.5, 0.6) is 0 Å². The van der Waals surface area contributed by atoms with Crippen molar-refractivity contribution >= 4 is 21.2 Å². The van der Waals surface area contributed by atoms with E-state index < -0.39 is 50.9 Å². The molecule has 0 saturated carbocycles. The Morgan fingerprint density at radius 1 is 1.08 bits per heavy atom. The molecule has 3 aromatic heterocycles. The van der Waals surface area contributed by atoms with Crippen LogP contribution in [0, 0.1) is 29.9 Å². The maximum absolute atomic E-state index is 14.4. The van der Waals surface area contributed by atoms with E-state index in [1.165, 1.54) is 25.3 Å². The SMILES string of the molecule is CCS(=O)(=O)c1ncc(-c2ccc(-c3cc(C(F)(F)F)c(C#N)c(=O)n3Cc3ccc(F)cc3F)s2)cc1C. The molecular formula is C26H18F5N3O3S2. The van der Waals surface area contributed by atoms with Gasteiger partial charge in [0, 0.05) is 28.3 Å². The van der Waals surface area contributed by atoms with Gasteiger partial charge in [0.15, 0.2) is 14.9 Å². The molecule has 0 aliphatic heterocycles. The lowest BCUT2D eigenvalue weighted by atomic mass is 10.1. The molecule has 0 aliphatic carbocycles. The average molecular weight is 580 g/mol. The van der Waals surface area contributed by atoms with Crippen LogP contribution < -0.4 is 5.56 Å². The molecule has 6 nitrogen and oxygen atoms in total. The number of thiophene rings is 1. The average Bonchev–Trinajstić information content (AvgIpc) is 3.35. The van der Waals surface area contributed by atoms with Gasteiger partial charge in [0.05, 0.1) is 28.4 Å².